The third kappa shape index (κ3) is 3.78. The molecular weight excluding hydrogens is 262 g/mol. The summed E-state index contributed by atoms with van der Waals surface area (Å²) in [6.07, 6.45) is 3.21. The fraction of sp³-hybridized carbons (Fsp3) is 0.571. The quantitative estimate of drug-likeness (QED) is 0.854. The zero-order valence-corrected chi connectivity index (χ0v) is 11.9. The van der Waals surface area contributed by atoms with E-state index in [1.54, 1.807) is 0 Å². The molecule has 2 rings (SSSR count). The summed E-state index contributed by atoms with van der Waals surface area (Å²) in [7, 11) is -3.01. The van der Waals surface area contributed by atoms with Crippen LogP contribution in [0.25, 0.3) is 0 Å². The largest absolute Gasteiger partial charge is 0.387 e. The number of hydrogen-bond acceptors (Lipinski definition) is 4. The molecule has 1 fully saturated rings. The first kappa shape index (κ1) is 14.5. The van der Waals surface area contributed by atoms with E-state index in [1.165, 1.54) is 6.26 Å². The number of aliphatic hydroxyl groups is 1. The third-order valence-corrected chi connectivity index (χ3v) is 5.42. The van der Waals surface area contributed by atoms with Gasteiger partial charge in [-0.15, -0.1) is 0 Å². The lowest BCUT2D eigenvalue weighted by atomic mass is 10.1. The van der Waals surface area contributed by atoms with Gasteiger partial charge >= 0.3 is 0 Å². The first-order valence-corrected chi connectivity index (χ1v) is 8.59. The molecule has 1 aliphatic rings. The smallest absolute Gasteiger partial charge is 0.151 e. The molecule has 0 heterocycles. The van der Waals surface area contributed by atoms with E-state index in [4.69, 9.17) is 0 Å². The van der Waals surface area contributed by atoms with Gasteiger partial charge in [0, 0.05) is 18.8 Å². The van der Waals surface area contributed by atoms with Gasteiger partial charge in [0.15, 0.2) is 9.84 Å². The second-order valence-electron chi connectivity index (χ2n) is 5.24. The predicted octanol–water partition coefficient (Wildman–Crippen LogP) is 1.28. The topological polar surface area (TPSA) is 66.4 Å². The Morgan fingerprint density at radius 3 is 2.63 bits per heavy atom. The summed E-state index contributed by atoms with van der Waals surface area (Å²) in [6, 6.07) is 9.37. The first-order valence-electron chi connectivity index (χ1n) is 6.64. The average molecular weight is 283 g/mol. The molecule has 0 aliphatic heterocycles. The molecule has 0 radical (unpaired) electrons. The summed E-state index contributed by atoms with van der Waals surface area (Å²) in [5.74, 6) is 0. The summed E-state index contributed by atoms with van der Waals surface area (Å²) < 4.78 is 23.3. The van der Waals surface area contributed by atoms with Gasteiger partial charge in [-0.1, -0.05) is 36.8 Å². The number of rotatable bonds is 5. The summed E-state index contributed by atoms with van der Waals surface area (Å²) in [4.78, 5) is 0. The second-order valence-corrected chi connectivity index (χ2v) is 7.50. The van der Waals surface area contributed by atoms with Crippen LogP contribution in [0.1, 0.15) is 30.9 Å². The van der Waals surface area contributed by atoms with E-state index in [9.17, 15) is 13.5 Å². The van der Waals surface area contributed by atoms with Crippen molar-refractivity contribution < 1.29 is 13.5 Å². The molecule has 1 aromatic rings. The van der Waals surface area contributed by atoms with Crippen LogP contribution in [-0.2, 0) is 9.84 Å². The van der Waals surface area contributed by atoms with Gasteiger partial charge in [0.05, 0.1) is 11.4 Å². The molecule has 3 atom stereocenters. The molecule has 5 heteroatoms. The number of nitrogens with one attached hydrogen (secondary N) is 1. The molecule has 1 aromatic carbocycles. The maximum absolute atomic E-state index is 11.7. The molecule has 4 nitrogen and oxygen atoms in total. The molecular formula is C14H21NO3S. The Bertz CT molecular complexity index is 501. The van der Waals surface area contributed by atoms with Crippen LogP contribution in [0.4, 0.5) is 0 Å². The van der Waals surface area contributed by atoms with Crippen molar-refractivity contribution in [1.82, 2.24) is 5.32 Å². The van der Waals surface area contributed by atoms with Gasteiger partial charge in [-0.2, -0.15) is 0 Å². The molecule has 19 heavy (non-hydrogen) atoms. The van der Waals surface area contributed by atoms with Gasteiger partial charge in [0.1, 0.15) is 0 Å². The Balaban J connectivity index is 1.92. The lowest BCUT2D eigenvalue weighted by Crippen LogP contribution is -2.41. The van der Waals surface area contributed by atoms with Crippen molar-refractivity contribution >= 4 is 9.84 Å². The van der Waals surface area contributed by atoms with Gasteiger partial charge in [0.25, 0.3) is 0 Å². The van der Waals surface area contributed by atoms with Crippen molar-refractivity contribution in [3.8, 4) is 0 Å². The van der Waals surface area contributed by atoms with Crippen molar-refractivity contribution in [1.29, 1.82) is 0 Å². The summed E-state index contributed by atoms with van der Waals surface area (Å²) >= 11 is 0. The normalized spacial score (nSPS) is 25.4. The van der Waals surface area contributed by atoms with E-state index in [0.29, 0.717) is 6.54 Å². The van der Waals surface area contributed by atoms with Crippen LogP contribution in [-0.4, -0.2) is 37.6 Å². The van der Waals surface area contributed by atoms with Crippen LogP contribution >= 0.6 is 0 Å². The zero-order valence-electron chi connectivity index (χ0n) is 11.1. The fourth-order valence-electron chi connectivity index (χ4n) is 2.73. The third-order valence-electron chi connectivity index (χ3n) is 3.76. The molecule has 0 aromatic heterocycles. The molecule has 1 aliphatic carbocycles. The van der Waals surface area contributed by atoms with E-state index in [0.717, 1.165) is 24.8 Å². The number of sulfone groups is 1. The van der Waals surface area contributed by atoms with Gasteiger partial charge in [-0.05, 0) is 18.4 Å². The summed E-state index contributed by atoms with van der Waals surface area (Å²) in [5, 5.41) is 13.0. The lowest BCUT2D eigenvalue weighted by molar-refractivity contribution is 0.170. The molecule has 106 valence electrons. The first-order chi connectivity index (χ1) is 8.98. The van der Waals surface area contributed by atoms with Gasteiger partial charge in [-0.25, -0.2) is 8.42 Å². The standard InChI is InChI=1S/C14H21NO3S/c1-19(17,18)14-9-5-8-12(14)15-10-13(16)11-6-3-2-4-7-11/h2-4,6-7,12-16H,5,8-10H2,1H3. The van der Waals surface area contributed by atoms with Crippen LogP contribution < -0.4 is 5.32 Å². The van der Waals surface area contributed by atoms with Crippen molar-refractivity contribution in [2.75, 3.05) is 12.8 Å². The van der Waals surface area contributed by atoms with Gasteiger partial charge in [0.2, 0.25) is 0 Å². The molecule has 0 bridgehead atoms. The molecule has 3 unspecified atom stereocenters. The minimum atomic E-state index is -3.01. The van der Waals surface area contributed by atoms with Crippen molar-refractivity contribution in [3.05, 3.63) is 35.9 Å². The molecule has 0 saturated heterocycles. The maximum atomic E-state index is 11.7. The lowest BCUT2D eigenvalue weighted by Gasteiger charge is -2.21. The molecule has 0 amide bonds. The fourth-order valence-corrected chi connectivity index (χ4v) is 4.15. The van der Waals surface area contributed by atoms with E-state index in [2.05, 4.69) is 5.32 Å². The SMILES string of the molecule is CS(=O)(=O)C1CCCC1NCC(O)c1ccccc1. The molecule has 0 spiro atoms. The van der Waals surface area contributed by atoms with Crippen LogP contribution in [0.15, 0.2) is 30.3 Å². The second kappa shape index (κ2) is 6.03. The van der Waals surface area contributed by atoms with Crippen molar-refractivity contribution in [2.24, 2.45) is 0 Å². The number of benzene rings is 1. The summed E-state index contributed by atoms with van der Waals surface area (Å²) in [6.45, 7) is 0.390. The Morgan fingerprint density at radius 1 is 1.32 bits per heavy atom. The van der Waals surface area contributed by atoms with E-state index in [1.807, 2.05) is 30.3 Å². The van der Waals surface area contributed by atoms with Crippen LogP contribution in [0.5, 0.6) is 0 Å². The molecule has 1 saturated carbocycles. The van der Waals surface area contributed by atoms with E-state index >= 15 is 0 Å². The highest BCUT2D eigenvalue weighted by atomic mass is 32.2. The average Bonchev–Trinajstić information content (AvgIpc) is 2.85. The Kier molecular flexibility index (Phi) is 4.60. The van der Waals surface area contributed by atoms with Crippen LogP contribution in [0.2, 0.25) is 0 Å². The predicted molar refractivity (Wildman–Crippen MR) is 75.7 cm³/mol. The number of aliphatic hydroxyl groups excluding tert-OH is 1. The Labute approximate surface area is 114 Å². The molecule has 2 N–H and O–H groups in total. The zero-order chi connectivity index (χ0) is 13.9. The minimum absolute atomic E-state index is 0.0339. The van der Waals surface area contributed by atoms with Gasteiger partial charge < -0.3 is 10.4 Å². The van der Waals surface area contributed by atoms with Crippen LogP contribution in [0.3, 0.4) is 0 Å². The van der Waals surface area contributed by atoms with Crippen molar-refractivity contribution in [3.63, 3.8) is 0 Å². The maximum Gasteiger partial charge on any atom is 0.151 e. The van der Waals surface area contributed by atoms with Gasteiger partial charge in [-0.3, -0.25) is 0 Å². The summed E-state index contributed by atoms with van der Waals surface area (Å²) in [5.41, 5.74) is 0.851. The highest BCUT2D eigenvalue weighted by molar-refractivity contribution is 7.91. The van der Waals surface area contributed by atoms with Crippen LogP contribution in [0, 0.1) is 0 Å². The number of hydrogen-bond donors (Lipinski definition) is 2. The van der Waals surface area contributed by atoms with E-state index < -0.39 is 15.9 Å². The Morgan fingerprint density at radius 2 is 2.00 bits per heavy atom. The van der Waals surface area contributed by atoms with Crippen molar-refractivity contribution in [2.45, 2.75) is 36.7 Å². The highest BCUT2D eigenvalue weighted by Gasteiger charge is 2.34. The monoisotopic (exact) mass is 283 g/mol. The highest BCUT2D eigenvalue weighted by Crippen LogP contribution is 2.25. The minimum Gasteiger partial charge on any atom is -0.387 e. The van der Waals surface area contributed by atoms with E-state index in [-0.39, 0.29) is 11.3 Å². The Hall–Kier alpha value is -0.910.